The second-order valence-electron chi connectivity index (χ2n) is 6.24. The van der Waals surface area contributed by atoms with Crippen LogP contribution in [-0.2, 0) is 11.3 Å². The monoisotopic (exact) mass is 418 g/mol. The molecule has 28 heavy (non-hydrogen) atoms. The Morgan fingerprint density at radius 3 is 2.39 bits per heavy atom. The van der Waals surface area contributed by atoms with Crippen molar-refractivity contribution in [2.24, 2.45) is 0 Å². The number of rotatable bonds is 6. The molecule has 3 aromatic rings. The molecular weight excluding hydrogens is 399 g/mol. The third-order valence-corrected chi connectivity index (χ3v) is 4.86. The molecule has 146 valence electrons. The smallest absolute Gasteiger partial charge is 0.255 e. The topological polar surface area (TPSA) is 67.2 Å². The van der Waals surface area contributed by atoms with Crippen molar-refractivity contribution in [3.05, 3.63) is 58.5 Å². The summed E-state index contributed by atoms with van der Waals surface area (Å²) in [6.07, 6.45) is 1.88. The highest BCUT2D eigenvalue weighted by Gasteiger charge is 2.13. The maximum atomic E-state index is 12.4. The van der Waals surface area contributed by atoms with Gasteiger partial charge in [0.15, 0.2) is 0 Å². The fourth-order valence-corrected chi connectivity index (χ4v) is 3.50. The van der Waals surface area contributed by atoms with Crippen molar-refractivity contribution in [3.63, 3.8) is 0 Å². The molecule has 2 aromatic heterocycles. The van der Waals surface area contributed by atoms with Gasteiger partial charge in [-0.05, 0) is 50.2 Å². The van der Waals surface area contributed by atoms with Gasteiger partial charge in [-0.1, -0.05) is 23.2 Å². The first-order valence-electron chi connectivity index (χ1n) is 8.92. The zero-order valence-electron chi connectivity index (χ0n) is 15.6. The van der Waals surface area contributed by atoms with Crippen LogP contribution in [0.3, 0.4) is 0 Å². The summed E-state index contributed by atoms with van der Waals surface area (Å²) in [6.45, 7) is 5.59. The van der Waals surface area contributed by atoms with Crippen LogP contribution >= 0.6 is 23.2 Å². The Morgan fingerprint density at radius 1 is 1.07 bits per heavy atom. The van der Waals surface area contributed by atoms with Crippen molar-refractivity contribution < 1.29 is 9.59 Å². The van der Waals surface area contributed by atoms with Crippen LogP contribution in [0.15, 0.2) is 42.6 Å². The Morgan fingerprint density at radius 2 is 1.75 bits per heavy atom. The minimum atomic E-state index is -0.332. The Kier molecular flexibility index (Phi) is 6.21. The summed E-state index contributed by atoms with van der Waals surface area (Å²) in [5.74, 6) is -0.256. The van der Waals surface area contributed by atoms with Crippen LogP contribution in [0.4, 0.5) is 5.69 Å². The Labute approximate surface area is 173 Å². The lowest BCUT2D eigenvalue weighted by molar-refractivity contribution is -0.131. The number of likely N-dealkylation sites (N-methyl/N-ethyl adjacent to an activating group) is 1. The fraction of sp³-hybridized carbons (Fsp3) is 0.250. The maximum absolute atomic E-state index is 12.4. The van der Waals surface area contributed by atoms with E-state index >= 15 is 0 Å². The van der Waals surface area contributed by atoms with Gasteiger partial charge in [0.05, 0.1) is 0 Å². The number of fused-ring (bicyclic) bond motifs is 1. The van der Waals surface area contributed by atoms with E-state index < -0.39 is 0 Å². The average molecular weight is 419 g/mol. The highest BCUT2D eigenvalue weighted by molar-refractivity contribution is 6.33. The molecule has 0 radical (unpaired) electrons. The Bertz CT molecular complexity index is 1010. The second-order valence-corrected chi connectivity index (χ2v) is 7.01. The van der Waals surface area contributed by atoms with Crippen molar-refractivity contribution in [3.8, 4) is 0 Å². The number of carbonyl (C=O) groups is 2. The quantitative estimate of drug-likeness (QED) is 0.600. The zero-order chi connectivity index (χ0) is 20.3. The number of carbonyl (C=O) groups excluding carboxylic acids is 2. The van der Waals surface area contributed by atoms with Gasteiger partial charge in [-0.2, -0.15) is 0 Å². The molecule has 2 heterocycles. The molecular formula is C20H20Cl2N4O2. The number of aromatic nitrogens is 2. The van der Waals surface area contributed by atoms with E-state index in [1.54, 1.807) is 11.0 Å². The van der Waals surface area contributed by atoms with Crippen LogP contribution < -0.4 is 5.32 Å². The van der Waals surface area contributed by atoms with Gasteiger partial charge in [0, 0.05) is 41.4 Å². The van der Waals surface area contributed by atoms with Crippen molar-refractivity contribution in [2.45, 2.75) is 20.4 Å². The molecule has 0 unspecified atom stereocenters. The van der Waals surface area contributed by atoms with E-state index in [0.29, 0.717) is 24.3 Å². The minimum absolute atomic E-state index is 0.0753. The first-order valence-corrected chi connectivity index (χ1v) is 9.68. The van der Waals surface area contributed by atoms with Crippen molar-refractivity contribution in [1.29, 1.82) is 0 Å². The number of hydrogen-bond donors (Lipinski definition) is 1. The molecule has 1 aromatic carbocycles. The highest BCUT2D eigenvalue weighted by atomic mass is 35.5. The third kappa shape index (κ3) is 4.46. The van der Waals surface area contributed by atoms with Gasteiger partial charge in [0.2, 0.25) is 5.91 Å². The molecule has 0 atom stereocenters. The molecule has 0 aliphatic carbocycles. The molecule has 0 fully saturated rings. The van der Waals surface area contributed by atoms with Crippen LogP contribution in [0.1, 0.15) is 24.2 Å². The Hall–Kier alpha value is -2.57. The summed E-state index contributed by atoms with van der Waals surface area (Å²) in [5, 5.41) is 4.06. The highest BCUT2D eigenvalue weighted by Crippen LogP contribution is 2.22. The van der Waals surface area contributed by atoms with Gasteiger partial charge >= 0.3 is 0 Å². The van der Waals surface area contributed by atoms with Crippen LogP contribution in [0, 0.1) is 0 Å². The predicted octanol–water partition coefficient (Wildman–Crippen LogP) is 4.46. The summed E-state index contributed by atoms with van der Waals surface area (Å²) in [4.78, 5) is 30.4. The molecule has 0 aliphatic heterocycles. The summed E-state index contributed by atoms with van der Waals surface area (Å²) in [5.41, 5.74) is 1.88. The van der Waals surface area contributed by atoms with Gasteiger partial charge in [-0.25, -0.2) is 4.98 Å². The molecule has 8 heteroatoms. The second kappa shape index (κ2) is 8.63. The number of pyridine rings is 1. The first kappa shape index (κ1) is 20.2. The summed E-state index contributed by atoms with van der Waals surface area (Å²) >= 11 is 11.7. The molecule has 2 amide bonds. The molecule has 1 N–H and O–H groups in total. The standard InChI is InChI=1S/C20H20Cl2N4O2/c1-3-25(4-2)19(27)12-26-8-7-13-9-15(5-6-16(13)26)23-20(28)14-10-17(21)24-18(22)11-14/h5-11H,3-4,12H2,1-2H3,(H,23,28). The van der Waals surface area contributed by atoms with Gasteiger partial charge in [-0.3, -0.25) is 9.59 Å². The molecule has 0 aliphatic rings. The number of amides is 2. The normalized spacial score (nSPS) is 10.9. The van der Waals surface area contributed by atoms with E-state index in [4.69, 9.17) is 23.2 Å². The molecule has 0 saturated heterocycles. The average Bonchev–Trinajstić information content (AvgIpc) is 3.04. The molecule has 0 spiro atoms. The van der Waals surface area contributed by atoms with Gasteiger partial charge in [-0.15, -0.1) is 0 Å². The SMILES string of the molecule is CCN(CC)C(=O)Cn1ccc2cc(NC(=O)c3cc(Cl)nc(Cl)c3)ccc21. The van der Waals surface area contributed by atoms with E-state index in [1.807, 2.05) is 42.8 Å². The Balaban J connectivity index is 1.78. The lowest BCUT2D eigenvalue weighted by Gasteiger charge is -2.19. The van der Waals surface area contributed by atoms with Crippen LogP contribution in [0.2, 0.25) is 10.3 Å². The number of nitrogens with zero attached hydrogens (tertiary/aromatic N) is 3. The number of nitrogens with one attached hydrogen (secondary N) is 1. The number of anilines is 1. The lowest BCUT2D eigenvalue weighted by Crippen LogP contribution is -2.33. The molecule has 0 saturated carbocycles. The van der Waals surface area contributed by atoms with Gasteiger partial charge < -0.3 is 14.8 Å². The van der Waals surface area contributed by atoms with E-state index in [1.165, 1.54) is 12.1 Å². The predicted molar refractivity (Wildman–Crippen MR) is 112 cm³/mol. The van der Waals surface area contributed by atoms with E-state index in [2.05, 4.69) is 10.3 Å². The minimum Gasteiger partial charge on any atom is -0.342 e. The maximum Gasteiger partial charge on any atom is 0.255 e. The first-order chi connectivity index (χ1) is 13.4. The summed E-state index contributed by atoms with van der Waals surface area (Å²) in [7, 11) is 0. The molecule has 0 bridgehead atoms. The summed E-state index contributed by atoms with van der Waals surface area (Å²) in [6, 6.07) is 10.4. The van der Waals surface area contributed by atoms with Crippen LogP contribution in [-0.4, -0.2) is 39.4 Å². The molecule has 3 rings (SSSR count). The summed E-state index contributed by atoms with van der Waals surface area (Å²) < 4.78 is 1.91. The van der Waals surface area contributed by atoms with Crippen molar-refractivity contribution >= 4 is 51.6 Å². The van der Waals surface area contributed by atoms with Crippen molar-refractivity contribution in [1.82, 2.24) is 14.5 Å². The lowest BCUT2D eigenvalue weighted by atomic mass is 10.2. The van der Waals surface area contributed by atoms with Crippen molar-refractivity contribution in [2.75, 3.05) is 18.4 Å². The molecule has 6 nitrogen and oxygen atoms in total. The van der Waals surface area contributed by atoms with E-state index in [9.17, 15) is 9.59 Å². The van der Waals surface area contributed by atoms with Crippen LogP contribution in [0.25, 0.3) is 10.9 Å². The third-order valence-electron chi connectivity index (χ3n) is 4.48. The van der Waals surface area contributed by atoms with E-state index in [-0.39, 0.29) is 28.7 Å². The van der Waals surface area contributed by atoms with Gasteiger partial charge in [0.25, 0.3) is 5.91 Å². The van der Waals surface area contributed by atoms with E-state index in [0.717, 1.165) is 10.9 Å². The van der Waals surface area contributed by atoms with Gasteiger partial charge in [0.1, 0.15) is 16.9 Å². The number of benzene rings is 1. The largest absolute Gasteiger partial charge is 0.342 e. The number of halogens is 2. The number of hydrogen-bond acceptors (Lipinski definition) is 3. The fourth-order valence-electron chi connectivity index (χ4n) is 3.04. The zero-order valence-corrected chi connectivity index (χ0v) is 17.1. The van der Waals surface area contributed by atoms with Crippen LogP contribution in [0.5, 0.6) is 0 Å².